The van der Waals surface area contributed by atoms with E-state index in [9.17, 15) is 5.11 Å². The molecule has 0 unspecified atom stereocenters. The predicted molar refractivity (Wildman–Crippen MR) is 48.9 cm³/mol. The third-order valence-corrected chi connectivity index (χ3v) is 3.50. The molecule has 0 bridgehead atoms. The Balaban J connectivity index is 1.91. The van der Waals surface area contributed by atoms with Gasteiger partial charge in [0.15, 0.2) is 0 Å². The molecular weight excluding hydrogens is 150 g/mol. The van der Waals surface area contributed by atoms with Gasteiger partial charge in [0.1, 0.15) is 0 Å². The summed E-state index contributed by atoms with van der Waals surface area (Å²) in [6.45, 7) is 2.05. The zero-order valence-electron chi connectivity index (χ0n) is 7.63. The Bertz CT molecular complexity index is 143. The van der Waals surface area contributed by atoms with Crippen molar-refractivity contribution in [1.82, 2.24) is 5.32 Å². The summed E-state index contributed by atoms with van der Waals surface area (Å²) in [6.07, 6.45) is 6.41. The van der Waals surface area contributed by atoms with Crippen molar-refractivity contribution in [3.8, 4) is 0 Å². The maximum Gasteiger partial charge on any atom is 0.0595 e. The molecule has 1 aliphatic carbocycles. The summed E-state index contributed by atoms with van der Waals surface area (Å²) in [5.74, 6) is 1.37. The van der Waals surface area contributed by atoms with E-state index in [1.165, 1.54) is 25.7 Å². The highest BCUT2D eigenvalue weighted by Crippen LogP contribution is 2.34. The molecule has 1 saturated carbocycles. The van der Waals surface area contributed by atoms with E-state index in [0.29, 0.717) is 5.92 Å². The second-order valence-electron chi connectivity index (χ2n) is 4.27. The van der Waals surface area contributed by atoms with Crippen LogP contribution in [0.1, 0.15) is 32.1 Å². The van der Waals surface area contributed by atoms with Crippen LogP contribution in [-0.2, 0) is 0 Å². The van der Waals surface area contributed by atoms with Crippen molar-refractivity contribution in [2.75, 3.05) is 13.1 Å². The monoisotopic (exact) mass is 169 g/mol. The van der Waals surface area contributed by atoms with Crippen LogP contribution in [0.15, 0.2) is 0 Å². The van der Waals surface area contributed by atoms with Gasteiger partial charge in [-0.3, -0.25) is 0 Å². The van der Waals surface area contributed by atoms with Gasteiger partial charge in [-0.2, -0.15) is 0 Å². The average molecular weight is 169 g/mol. The molecule has 1 aliphatic heterocycles. The normalized spacial score (nSPS) is 38.8. The minimum Gasteiger partial charge on any atom is -0.393 e. The molecule has 1 heterocycles. The zero-order chi connectivity index (χ0) is 8.39. The smallest absolute Gasteiger partial charge is 0.0595 e. The predicted octanol–water partition coefficient (Wildman–Crippen LogP) is 1.15. The van der Waals surface area contributed by atoms with Gasteiger partial charge in [-0.05, 0) is 18.9 Å². The molecule has 1 saturated heterocycles. The molecule has 2 heteroatoms. The maximum absolute atomic E-state index is 9.79. The summed E-state index contributed by atoms with van der Waals surface area (Å²) < 4.78 is 0. The summed E-state index contributed by atoms with van der Waals surface area (Å²) in [5.41, 5.74) is 0. The topological polar surface area (TPSA) is 32.3 Å². The Kier molecular flexibility index (Phi) is 2.66. The highest BCUT2D eigenvalue weighted by molar-refractivity contribution is 4.85. The first-order chi connectivity index (χ1) is 5.88. The lowest BCUT2D eigenvalue weighted by molar-refractivity contribution is 0.0477. The summed E-state index contributed by atoms with van der Waals surface area (Å²) in [7, 11) is 0. The van der Waals surface area contributed by atoms with Gasteiger partial charge in [-0.25, -0.2) is 0 Å². The van der Waals surface area contributed by atoms with Crippen molar-refractivity contribution in [3.05, 3.63) is 0 Å². The van der Waals surface area contributed by atoms with Crippen molar-refractivity contribution < 1.29 is 5.11 Å². The van der Waals surface area contributed by atoms with Crippen LogP contribution < -0.4 is 5.32 Å². The van der Waals surface area contributed by atoms with E-state index in [-0.39, 0.29) is 6.10 Å². The Morgan fingerprint density at radius 1 is 1.08 bits per heavy atom. The number of piperidine rings is 1. The molecule has 0 aromatic carbocycles. The summed E-state index contributed by atoms with van der Waals surface area (Å²) in [6, 6.07) is 0. The second-order valence-corrected chi connectivity index (χ2v) is 4.27. The Labute approximate surface area is 74.4 Å². The minimum atomic E-state index is -0.0191. The van der Waals surface area contributed by atoms with E-state index in [1.54, 1.807) is 0 Å². The van der Waals surface area contributed by atoms with Crippen molar-refractivity contribution in [1.29, 1.82) is 0 Å². The van der Waals surface area contributed by atoms with Crippen LogP contribution in [0.5, 0.6) is 0 Å². The van der Waals surface area contributed by atoms with Gasteiger partial charge in [0.05, 0.1) is 6.10 Å². The van der Waals surface area contributed by atoms with E-state index in [0.717, 1.165) is 25.4 Å². The van der Waals surface area contributed by atoms with Crippen LogP contribution in [0.3, 0.4) is 0 Å². The third-order valence-electron chi connectivity index (χ3n) is 3.50. The number of aliphatic hydroxyl groups is 1. The molecule has 2 atom stereocenters. The average Bonchev–Trinajstić information content (AvgIpc) is 2.57. The highest BCUT2D eigenvalue weighted by atomic mass is 16.3. The van der Waals surface area contributed by atoms with Gasteiger partial charge in [-0.1, -0.05) is 25.7 Å². The summed E-state index contributed by atoms with van der Waals surface area (Å²) >= 11 is 0. The van der Waals surface area contributed by atoms with Crippen LogP contribution in [0.2, 0.25) is 0 Å². The number of rotatable bonds is 1. The zero-order valence-corrected chi connectivity index (χ0v) is 7.63. The van der Waals surface area contributed by atoms with Gasteiger partial charge in [0, 0.05) is 12.5 Å². The Morgan fingerprint density at radius 2 is 1.83 bits per heavy atom. The fourth-order valence-electron chi connectivity index (χ4n) is 2.74. The van der Waals surface area contributed by atoms with Crippen LogP contribution in [-0.4, -0.2) is 24.3 Å². The van der Waals surface area contributed by atoms with E-state index >= 15 is 0 Å². The molecule has 2 rings (SSSR count). The third kappa shape index (κ3) is 1.64. The van der Waals surface area contributed by atoms with Crippen molar-refractivity contribution in [2.24, 2.45) is 11.8 Å². The molecule has 0 aromatic rings. The number of aliphatic hydroxyl groups excluding tert-OH is 1. The lowest BCUT2D eigenvalue weighted by Crippen LogP contribution is -2.42. The quantitative estimate of drug-likeness (QED) is 0.617. The standard InChI is InChI=1S/C10H19NO/c12-10-5-6-11-7-9(10)8-3-1-2-4-8/h8-12H,1-7H2/t9-,10-/m0/s1. The Morgan fingerprint density at radius 3 is 2.50 bits per heavy atom. The molecule has 2 N–H and O–H groups in total. The molecular formula is C10H19NO. The van der Waals surface area contributed by atoms with E-state index in [1.807, 2.05) is 0 Å². The first kappa shape index (κ1) is 8.52. The maximum atomic E-state index is 9.79. The molecule has 0 aromatic heterocycles. The lowest BCUT2D eigenvalue weighted by Gasteiger charge is -2.32. The van der Waals surface area contributed by atoms with Crippen LogP contribution in [0.25, 0.3) is 0 Å². The molecule has 2 fully saturated rings. The first-order valence-electron chi connectivity index (χ1n) is 5.26. The fourth-order valence-corrected chi connectivity index (χ4v) is 2.74. The molecule has 0 amide bonds. The van der Waals surface area contributed by atoms with Crippen molar-refractivity contribution >= 4 is 0 Å². The SMILES string of the molecule is O[C@H]1CCNC[C@H]1C1CCCC1. The first-order valence-corrected chi connectivity index (χ1v) is 5.26. The summed E-state index contributed by atoms with van der Waals surface area (Å²) in [5, 5.41) is 13.2. The van der Waals surface area contributed by atoms with Crippen molar-refractivity contribution in [3.63, 3.8) is 0 Å². The summed E-state index contributed by atoms with van der Waals surface area (Å²) in [4.78, 5) is 0. The van der Waals surface area contributed by atoms with Gasteiger partial charge < -0.3 is 10.4 Å². The van der Waals surface area contributed by atoms with E-state index < -0.39 is 0 Å². The highest BCUT2D eigenvalue weighted by Gasteiger charge is 2.31. The lowest BCUT2D eigenvalue weighted by atomic mass is 9.83. The van der Waals surface area contributed by atoms with Gasteiger partial charge >= 0.3 is 0 Å². The molecule has 0 spiro atoms. The molecule has 12 heavy (non-hydrogen) atoms. The van der Waals surface area contributed by atoms with E-state index in [4.69, 9.17) is 0 Å². The minimum absolute atomic E-state index is 0.0191. The number of hydrogen-bond acceptors (Lipinski definition) is 2. The van der Waals surface area contributed by atoms with Gasteiger partial charge in [0.25, 0.3) is 0 Å². The number of hydrogen-bond donors (Lipinski definition) is 2. The van der Waals surface area contributed by atoms with Gasteiger partial charge in [-0.15, -0.1) is 0 Å². The molecule has 2 aliphatic rings. The molecule has 0 radical (unpaired) electrons. The molecule has 2 nitrogen and oxygen atoms in total. The second kappa shape index (κ2) is 3.75. The number of nitrogens with one attached hydrogen (secondary N) is 1. The van der Waals surface area contributed by atoms with Crippen LogP contribution >= 0.6 is 0 Å². The van der Waals surface area contributed by atoms with Gasteiger partial charge in [0.2, 0.25) is 0 Å². The largest absolute Gasteiger partial charge is 0.393 e. The van der Waals surface area contributed by atoms with Crippen LogP contribution in [0, 0.1) is 11.8 Å². The van der Waals surface area contributed by atoms with E-state index in [2.05, 4.69) is 5.32 Å². The van der Waals surface area contributed by atoms with Crippen LogP contribution in [0.4, 0.5) is 0 Å². The fraction of sp³-hybridized carbons (Fsp3) is 1.00. The Hall–Kier alpha value is -0.0800. The molecule has 70 valence electrons. The van der Waals surface area contributed by atoms with Crippen molar-refractivity contribution in [2.45, 2.75) is 38.2 Å².